The van der Waals surface area contributed by atoms with Crippen LogP contribution in [0.3, 0.4) is 0 Å². The van der Waals surface area contributed by atoms with Crippen LogP contribution >= 0.6 is 0 Å². The van der Waals surface area contributed by atoms with Gasteiger partial charge < -0.3 is 0 Å². The number of aromatic nitrogens is 8. The highest BCUT2D eigenvalue weighted by Crippen LogP contribution is 2.38. The van der Waals surface area contributed by atoms with Crippen molar-refractivity contribution in [1.82, 2.24) is 50.4 Å². The summed E-state index contributed by atoms with van der Waals surface area (Å²) in [7, 11) is 0. The van der Waals surface area contributed by atoms with Crippen LogP contribution in [0.5, 0.6) is 0 Å². The first-order chi connectivity index (χ1) is 21.8. The summed E-state index contributed by atoms with van der Waals surface area (Å²) in [4.78, 5) is 0. The third kappa shape index (κ3) is 5.24. The van der Waals surface area contributed by atoms with E-state index in [1.54, 1.807) is 12.7 Å². The molecule has 0 spiro atoms. The number of piperidine rings is 2. The Morgan fingerprint density at radius 2 is 1.00 bits per heavy atom. The van der Waals surface area contributed by atoms with Crippen LogP contribution in [0.2, 0.25) is 0 Å². The van der Waals surface area contributed by atoms with Gasteiger partial charge >= 0.3 is 0 Å². The van der Waals surface area contributed by atoms with E-state index in [0.29, 0.717) is 11.8 Å². The molecule has 0 amide bonds. The van der Waals surface area contributed by atoms with Gasteiger partial charge in [-0.1, -0.05) is 72.8 Å². The fourth-order valence-electron chi connectivity index (χ4n) is 7.66. The van der Waals surface area contributed by atoms with Gasteiger partial charge in [-0.3, -0.25) is 0 Å². The van der Waals surface area contributed by atoms with E-state index in [4.69, 9.17) is 0 Å². The van der Waals surface area contributed by atoms with Crippen molar-refractivity contribution in [2.75, 3.05) is 26.2 Å². The monoisotopic (exact) mass is 584 g/mol. The number of nitrogens with zero attached hydrogens (tertiary/aromatic N) is 10. The number of hydrazine groups is 1. The van der Waals surface area contributed by atoms with E-state index in [2.05, 4.69) is 126 Å². The van der Waals surface area contributed by atoms with Crippen molar-refractivity contribution in [1.29, 1.82) is 0 Å². The van der Waals surface area contributed by atoms with Gasteiger partial charge in [0.15, 0.2) is 0 Å². The van der Waals surface area contributed by atoms with Crippen LogP contribution in [-0.4, -0.2) is 76.6 Å². The Labute approximate surface area is 256 Å². The third-order valence-electron chi connectivity index (χ3n) is 9.70. The highest BCUT2D eigenvalue weighted by atomic mass is 15.6. The first-order valence-corrected chi connectivity index (χ1v) is 15.7. The highest BCUT2D eigenvalue weighted by molar-refractivity contribution is 5.83. The molecule has 2 fully saturated rings. The second-order valence-electron chi connectivity index (χ2n) is 12.3. The zero-order valence-electron chi connectivity index (χ0n) is 24.7. The molecule has 2 aliphatic rings. The largest absolute Gasteiger partial charge is 0.241 e. The lowest BCUT2D eigenvalue weighted by atomic mass is 9.85. The smallest absolute Gasteiger partial charge is 0.138 e. The van der Waals surface area contributed by atoms with E-state index in [0.717, 1.165) is 51.9 Å². The van der Waals surface area contributed by atoms with Gasteiger partial charge in [-0.25, -0.2) is 19.4 Å². The van der Waals surface area contributed by atoms with Crippen molar-refractivity contribution in [3.05, 3.63) is 109 Å². The van der Waals surface area contributed by atoms with Gasteiger partial charge in [0.05, 0.1) is 12.1 Å². The molecule has 10 nitrogen and oxygen atoms in total. The summed E-state index contributed by atoms with van der Waals surface area (Å²) in [6.07, 6.45) is 8.09. The first kappa shape index (κ1) is 27.0. The zero-order valence-corrected chi connectivity index (χ0v) is 24.7. The normalized spacial score (nSPS) is 21.5. The summed E-state index contributed by atoms with van der Waals surface area (Å²) < 4.78 is 3.93. The molecule has 0 aliphatic carbocycles. The number of hydrogen-bond acceptors (Lipinski definition) is 8. The van der Waals surface area contributed by atoms with Gasteiger partial charge in [-0.2, -0.15) is 0 Å². The van der Waals surface area contributed by atoms with Crippen LogP contribution in [0.25, 0.3) is 21.5 Å². The number of rotatable bonds is 7. The molecular weight excluding hydrogens is 548 g/mol. The zero-order chi connectivity index (χ0) is 29.3. The number of hydrogen-bond donors (Lipinski definition) is 0. The van der Waals surface area contributed by atoms with Crippen molar-refractivity contribution in [2.45, 2.75) is 37.8 Å². The first-order valence-electron chi connectivity index (χ1n) is 15.7. The molecule has 2 unspecified atom stereocenters. The molecule has 0 saturated carbocycles. The highest BCUT2D eigenvalue weighted by Gasteiger charge is 2.37. The summed E-state index contributed by atoms with van der Waals surface area (Å²) >= 11 is 0. The minimum absolute atomic E-state index is 0.0737. The van der Waals surface area contributed by atoms with Gasteiger partial charge in [-0.05, 0) is 103 Å². The van der Waals surface area contributed by atoms with Gasteiger partial charge in [0, 0.05) is 26.2 Å². The number of tetrazole rings is 2. The van der Waals surface area contributed by atoms with Crippen molar-refractivity contribution < 1.29 is 0 Å². The van der Waals surface area contributed by atoms with Crippen molar-refractivity contribution in [3.63, 3.8) is 0 Å². The Bertz CT molecular complexity index is 1700. The van der Waals surface area contributed by atoms with E-state index >= 15 is 0 Å². The molecule has 222 valence electrons. The van der Waals surface area contributed by atoms with Gasteiger partial charge in [0.25, 0.3) is 0 Å². The van der Waals surface area contributed by atoms with E-state index in [1.165, 1.54) is 32.7 Å². The van der Waals surface area contributed by atoms with E-state index in [-0.39, 0.29) is 12.1 Å². The molecule has 4 atom stereocenters. The van der Waals surface area contributed by atoms with E-state index in [1.807, 2.05) is 9.36 Å². The van der Waals surface area contributed by atoms with Crippen LogP contribution in [-0.2, 0) is 0 Å². The Balaban J connectivity index is 1.06. The maximum Gasteiger partial charge on any atom is 0.138 e. The van der Waals surface area contributed by atoms with Crippen molar-refractivity contribution in [2.24, 2.45) is 11.8 Å². The van der Waals surface area contributed by atoms with Gasteiger partial charge in [0.1, 0.15) is 12.7 Å². The predicted octanol–water partition coefficient (Wildman–Crippen LogP) is 5.18. The number of benzene rings is 4. The predicted molar refractivity (Wildman–Crippen MR) is 168 cm³/mol. The van der Waals surface area contributed by atoms with Crippen LogP contribution in [0.15, 0.2) is 97.6 Å². The Hall–Kier alpha value is -4.54. The molecule has 6 aromatic rings. The average Bonchev–Trinajstić information content (AvgIpc) is 3.81. The molecular formula is C34H36N10. The van der Waals surface area contributed by atoms with Crippen molar-refractivity contribution >= 4 is 21.5 Å². The molecule has 0 N–H and O–H groups in total. The molecule has 4 aromatic carbocycles. The maximum absolute atomic E-state index is 4.41. The molecule has 2 aromatic heterocycles. The molecule has 2 saturated heterocycles. The minimum Gasteiger partial charge on any atom is -0.241 e. The molecule has 44 heavy (non-hydrogen) atoms. The topological polar surface area (TPSA) is 93.7 Å². The summed E-state index contributed by atoms with van der Waals surface area (Å²) in [5.41, 5.74) is 2.52. The van der Waals surface area contributed by atoms with Crippen LogP contribution in [0.4, 0.5) is 0 Å². The molecule has 8 rings (SSSR count). The maximum atomic E-state index is 4.41. The van der Waals surface area contributed by atoms with Gasteiger partial charge in [-0.15, -0.1) is 10.2 Å². The van der Waals surface area contributed by atoms with Crippen molar-refractivity contribution in [3.8, 4) is 0 Å². The molecule has 0 radical (unpaired) electrons. The molecule has 0 bridgehead atoms. The summed E-state index contributed by atoms with van der Waals surface area (Å²) in [5, 5.41) is 35.1. The average molecular weight is 585 g/mol. The quantitative estimate of drug-likeness (QED) is 0.253. The lowest BCUT2D eigenvalue weighted by Crippen LogP contribution is -2.53. The lowest BCUT2D eigenvalue weighted by Gasteiger charge is -2.46. The molecule has 10 heteroatoms. The summed E-state index contributed by atoms with van der Waals surface area (Å²) in [6.45, 7) is 4.06. The Kier molecular flexibility index (Phi) is 7.29. The Morgan fingerprint density at radius 3 is 1.43 bits per heavy atom. The van der Waals surface area contributed by atoms with Gasteiger partial charge in [0.2, 0.25) is 0 Å². The van der Waals surface area contributed by atoms with E-state index in [9.17, 15) is 0 Å². The number of fused-ring (bicyclic) bond motifs is 2. The lowest BCUT2D eigenvalue weighted by molar-refractivity contribution is -0.0879. The standard InChI is InChI=1S/C34H36N10/c1-3-9-27-19-29(15-13-25(27)7-1)33(43-23-35-37-39-43)31-11-5-17-41(21-31)42-18-6-12-32(22-42)34(44-24-36-38-40-44)30-16-14-26-8-2-4-10-28(26)20-30/h1-4,7-10,13-16,19-20,23-24,31-34H,5-6,11-12,17-18,21-22H2/t31-,32+,33?,34?. The minimum atomic E-state index is 0.0737. The Morgan fingerprint density at radius 1 is 0.545 bits per heavy atom. The summed E-state index contributed by atoms with van der Waals surface area (Å²) in [6, 6.07) is 30.8. The third-order valence-corrected chi connectivity index (χ3v) is 9.70. The van der Waals surface area contributed by atoms with Crippen LogP contribution < -0.4 is 0 Å². The van der Waals surface area contributed by atoms with Crippen LogP contribution in [0, 0.1) is 11.8 Å². The molecule has 2 aliphatic heterocycles. The summed E-state index contributed by atoms with van der Waals surface area (Å²) in [5.74, 6) is 0.758. The fourth-order valence-corrected chi connectivity index (χ4v) is 7.66. The fraction of sp³-hybridized carbons (Fsp3) is 0.353. The molecule has 4 heterocycles. The second-order valence-corrected chi connectivity index (χ2v) is 12.3. The second kappa shape index (κ2) is 11.9. The SMILES string of the molecule is c1ccc2cc(C([C@@H]3CCCN(N4CCC[C@H](C(c5ccc6ccccc6c5)n5cnnn5)C4)C3)n3cnnn3)ccc2c1. The van der Waals surface area contributed by atoms with Crippen LogP contribution in [0.1, 0.15) is 48.9 Å². The van der Waals surface area contributed by atoms with E-state index < -0.39 is 0 Å².